The van der Waals surface area contributed by atoms with E-state index in [1.807, 2.05) is 0 Å². The highest BCUT2D eigenvalue weighted by atomic mass is 15.2. The van der Waals surface area contributed by atoms with E-state index in [-0.39, 0.29) is 0 Å². The molecule has 4 heteroatoms. The maximum absolute atomic E-state index is 4.03. The molecule has 0 aromatic heterocycles. The van der Waals surface area contributed by atoms with Crippen LogP contribution in [0.4, 0.5) is 0 Å². The summed E-state index contributed by atoms with van der Waals surface area (Å²) in [5.74, 6) is 2.97. The first-order chi connectivity index (χ1) is 20.8. The van der Waals surface area contributed by atoms with Crippen LogP contribution in [0.3, 0.4) is 0 Å². The lowest BCUT2D eigenvalue weighted by Gasteiger charge is -2.27. The van der Waals surface area contributed by atoms with Gasteiger partial charge in [0, 0.05) is 75.7 Å². The molecule has 43 heavy (non-hydrogen) atoms. The molecule has 2 saturated heterocycles. The minimum atomic E-state index is 0.323. The quantitative estimate of drug-likeness (QED) is 0.279. The molecule has 2 aromatic rings. The summed E-state index contributed by atoms with van der Waals surface area (Å²) >= 11 is 0. The molecule has 0 radical (unpaired) electrons. The van der Waals surface area contributed by atoms with Gasteiger partial charge in [-0.2, -0.15) is 0 Å². The molecule has 4 nitrogen and oxygen atoms in total. The normalized spacial score (nSPS) is 35.2. The van der Waals surface area contributed by atoms with Crippen LogP contribution in [0.5, 0.6) is 0 Å². The second-order valence-corrected chi connectivity index (χ2v) is 17.1. The molecule has 3 unspecified atom stereocenters. The second-order valence-electron chi connectivity index (χ2n) is 17.1. The third-order valence-electron chi connectivity index (χ3n) is 12.6. The third-order valence-corrected chi connectivity index (χ3v) is 12.6. The molecule has 2 aliphatic heterocycles. The Balaban J connectivity index is 0.831. The maximum atomic E-state index is 4.03. The number of hydrogen-bond acceptors (Lipinski definition) is 4. The van der Waals surface area contributed by atoms with E-state index in [1.54, 1.807) is 11.1 Å². The Morgan fingerprint density at radius 2 is 1.33 bits per heavy atom. The Kier molecular flexibility index (Phi) is 7.33. The first-order valence-electron chi connectivity index (χ1n) is 17.9. The van der Waals surface area contributed by atoms with Crippen molar-refractivity contribution >= 4 is 0 Å². The Labute approximate surface area is 261 Å². The molecule has 232 valence electrons. The van der Waals surface area contributed by atoms with Gasteiger partial charge in [0.15, 0.2) is 0 Å². The van der Waals surface area contributed by atoms with Crippen LogP contribution in [-0.2, 0) is 0 Å². The lowest BCUT2D eigenvalue weighted by atomic mass is 9.77. The van der Waals surface area contributed by atoms with E-state index in [1.165, 1.54) is 103 Å². The fourth-order valence-corrected chi connectivity index (χ4v) is 9.17. The van der Waals surface area contributed by atoms with Crippen LogP contribution in [-0.4, -0.2) is 74.2 Å². The topological polar surface area (TPSA) is 30.5 Å². The summed E-state index contributed by atoms with van der Waals surface area (Å²) in [5, 5.41) is 8.02. The summed E-state index contributed by atoms with van der Waals surface area (Å²) in [6.07, 6.45) is 9.68. The van der Waals surface area contributed by atoms with Crippen molar-refractivity contribution < 1.29 is 0 Å². The van der Waals surface area contributed by atoms with Crippen molar-refractivity contribution in [2.24, 2.45) is 22.2 Å². The highest BCUT2D eigenvalue weighted by molar-refractivity contribution is 5.35. The Hall–Kier alpha value is -1.72. The molecule has 2 N–H and O–H groups in total. The van der Waals surface area contributed by atoms with Gasteiger partial charge in [0.05, 0.1) is 0 Å². The first kappa shape index (κ1) is 28.7. The predicted molar refractivity (Wildman–Crippen MR) is 178 cm³/mol. The maximum Gasteiger partial charge on any atom is 0.0143 e. The van der Waals surface area contributed by atoms with Crippen molar-refractivity contribution in [2.45, 2.75) is 95.6 Å². The second kappa shape index (κ2) is 11.0. The van der Waals surface area contributed by atoms with Gasteiger partial charge in [-0.3, -0.25) is 0 Å². The molecule has 0 bridgehead atoms. The van der Waals surface area contributed by atoms with E-state index >= 15 is 0 Å². The zero-order valence-corrected chi connectivity index (χ0v) is 27.2. The summed E-state index contributed by atoms with van der Waals surface area (Å²) in [6, 6.07) is 22.3. The largest absolute Gasteiger partial charge is 0.313 e. The van der Waals surface area contributed by atoms with Crippen molar-refractivity contribution in [3.8, 4) is 0 Å². The summed E-state index contributed by atoms with van der Waals surface area (Å²) in [6.45, 7) is 17.6. The minimum Gasteiger partial charge on any atom is -0.313 e. The highest BCUT2D eigenvalue weighted by Gasteiger charge is 2.50. The zero-order valence-electron chi connectivity index (χ0n) is 27.2. The van der Waals surface area contributed by atoms with Gasteiger partial charge in [-0.05, 0) is 90.3 Å². The van der Waals surface area contributed by atoms with E-state index in [0.717, 1.165) is 11.8 Å². The van der Waals surface area contributed by atoms with Crippen LogP contribution in [0.2, 0.25) is 0 Å². The molecule has 6 fully saturated rings. The van der Waals surface area contributed by atoms with Crippen molar-refractivity contribution in [1.29, 1.82) is 0 Å². The van der Waals surface area contributed by atoms with Gasteiger partial charge in [0.2, 0.25) is 0 Å². The molecular weight excluding hydrogens is 524 g/mol. The molecule has 4 saturated carbocycles. The number of nitrogens with zero attached hydrogens (tertiary/aromatic N) is 2. The van der Waals surface area contributed by atoms with Gasteiger partial charge in [0.1, 0.15) is 0 Å². The summed E-state index contributed by atoms with van der Waals surface area (Å²) in [5.41, 5.74) is 6.10. The number of nitrogens with one attached hydrogen (secondary N) is 2. The lowest BCUT2D eigenvalue weighted by molar-refractivity contribution is 0.233. The van der Waals surface area contributed by atoms with Crippen LogP contribution in [0, 0.1) is 22.2 Å². The van der Waals surface area contributed by atoms with Crippen LogP contribution in [0.1, 0.15) is 100 Å². The van der Waals surface area contributed by atoms with Gasteiger partial charge < -0.3 is 20.4 Å². The van der Waals surface area contributed by atoms with Gasteiger partial charge >= 0.3 is 0 Å². The number of benzene rings is 2. The molecule has 0 spiro atoms. The van der Waals surface area contributed by atoms with Crippen molar-refractivity contribution in [2.75, 3.05) is 52.4 Å². The molecule has 0 amide bonds. The Morgan fingerprint density at radius 1 is 0.721 bits per heavy atom. The van der Waals surface area contributed by atoms with E-state index in [9.17, 15) is 0 Å². The van der Waals surface area contributed by atoms with E-state index in [0.29, 0.717) is 40.2 Å². The minimum absolute atomic E-state index is 0.323. The predicted octanol–water partition coefficient (Wildman–Crippen LogP) is 6.61. The summed E-state index contributed by atoms with van der Waals surface area (Å²) < 4.78 is 0. The monoisotopic (exact) mass is 580 g/mol. The standard InChI is InChI=1S/C39H56N4/c1-28-12-17-42(21-28)26-38(13-14-38)23-41-36-20-33(36)30-10-7-11-31(18-30)34-22-43(25-37(34,2)3)27-39(15-16-39)24-40-35-19-32(35)29-8-5-4-6-9-29/h4-11,18,28,32-36,40-41H,12-17,19-27H2,1-3H3/t28?,32-,33-,34?,35+,36?/m1/s1. The van der Waals surface area contributed by atoms with Crippen LogP contribution < -0.4 is 10.6 Å². The van der Waals surface area contributed by atoms with Gasteiger partial charge in [-0.25, -0.2) is 0 Å². The van der Waals surface area contributed by atoms with Gasteiger partial charge in [-0.1, -0.05) is 75.4 Å². The molecule has 2 aromatic carbocycles. The van der Waals surface area contributed by atoms with Gasteiger partial charge in [0.25, 0.3) is 0 Å². The van der Waals surface area contributed by atoms with Crippen LogP contribution >= 0.6 is 0 Å². The van der Waals surface area contributed by atoms with Crippen LogP contribution in [0.25, 0.3) is 0 Å². The van der Waals surface area contributed by atoms with Crippen molar-refractivity contribution in [3.05, 3.63) is 71.3 Å². The zero-order chi connectivity index (χ0) is 29.2. The summed E-state index contributed by atoms with van der Waals surface area (Å²) in [4.78, 5) is 5.57. The van der Waals surface area contributed by atoms with E-state index < -0.39 is 0 Å². The fraction of sp³-hybridized carbons (Fsp3) is 0.692. The van der Waals surface area contributed by atoms with Crippen LogP contribution in [0.15, 0.2) is 54.6 Å². The third kappa shape index (κ3) is 6.37. The Morgan fingerprint density at radius 3 is 1.95 bits per heavy atom. The first-order valence-corrected chi connectivity index (χ1v) is 17.9. The van der Waals surface area contributed by atoms with Gasteiger partial charge in [-0.15, -0.1) is 0 Å². The molecule has 6 atom stereocenters. The number of likely N-dealkylation sites (tertiary alicyclic amines) is 2. The van der Waals surface area contributed by atoms with Crippen molar-refractivity contribution in [1.82, 2.24) is 20.4 Å². The molecule has 6 aliphatic rings. The number of rotatable bonds is 13. The molecule has 4 aliphatic carbocycles. The number of hydrogen-bond donors (Lipinski definition) is 2. The average Bonchev–Trinajstić information content (AvgIpc) is 3.84. The SMILES string of the molecule is CC1CCN(CC2(CNC3C[C@@H]3c3cccc(C4CN(CC5(CN[C@H]6C[C@@H]6c6ccccc6)CC5)CC4(C)C)c3)CC2)C1. The van der Waals surface area contributed by atoms with E-state index in [4.69, 9.17) is 0 Å². The lowest BCUT2D eigenvalue weighted by Crippen LogP contribution is -2.36. The van der Waals surface area contributed by atoms with Crippen molar-refractivity contribution in [3.63, 3.8) is 0 Å². The molecule has 8 rings (SSSR count). The summed E-state index contributed by atoms with van der Waals surface area (Å²) in [7, 11) is 0. The smallest absolute Gasteiger partial charge is 0.0143 e. The average molecular weight is 581 g/mol. The Bertz CT molecular complexity index is 1280. The fourth-order valence-electron chi connectivity index (χ4n) is 9.17. The molecular formula is C39H56N4. The highest BCUT2D eigenvalue weighted by Crippen LogP contribution is 2.52. The molecule has 2 heterocycles. The van der Waals surface area contributed by atoms with E-state index in [2.05, 4.69) is 95.8 Å².